The van der Waals surface area contributed by atoms with Gasteiger partial charge in [0.2, 0.25) is 11.3 Å². The Morgan fingerprint density at radius 1 is 0.938 bits per heavy atom. The maximum atomic E-state index is 15.3. The molecule has 3 aromatic carbocycles. The summed E-state index contributed by atoms with van der Waals surface area (Å²) in [6, 6.07) is 10.2. The van der Waals surface area contributed by atoms with Crippen LogP contribution in [0.4, 0.5) is 23.2 Å². The van der Waals surface area contributed by atoms with Gasteiger partial charge in [0.1, 0.15) is 17.6 Å². The Hall–Kier alpha value is -5.44. The molecule has 2 aromatic heterocycles. The van der Waals surface area contributed by atoms with Crippen LogP contribution >= 0.6 is 0 Å². The second-order valence-corrected chi connectivity index (χ2v) is 10.5. The summed E-state index contributed by atoms with van der Waals surface area (Å²) in [5.41, 5.74) is -0.191. The van der Waals surface area contributed by atoms with Crippen molar-refractivity contribution in [3.05, 3.63) is 82.2 Å². The normalized spacial score (nSPS) is 11.5. The zero-order valence-electron chi connectivity index (χ0n) is 26.2. The van der Waals surface area contributed by atoms with E-state index in [9.17, 15) is 22.8 Å². The molecule has 48 heavy (non-hydrogen) atoms. The second-order valence-electron chi connectivity index (χ2n) is 10.5. The van der Waals surface area contributed by atoms with Gasteiger partial charge in [0, 0.05) is 44.3 Å². The number of carbonyl (C=O) groups excluding carboxylic acids is 1. The van der Waals surface area contributed by atoms with Crippen LogP contribution in [-0.4, -0.2) is 54.2 Å². The predicted octanol–water partition coefficient (Wildman–Crippen LogP) is 6.69. The molecule has 1 amide bonds. The molecule has 5 aromatic rings. The molecule has 0 aliphatic heterocycles. The van der Waals surface area contributed by atoms with Gasteiger partial charge in [-0.05, 0) is 56.2 Å². The molecule has 15 heteroatoms. The Kier molecular flexibility index (Phi) is 9.98. The van der Waals surface area contributed by atoms with Gasteiger partial charge in [-0.1, -0.05) is 0 Å². The number of nitrogens with zero attached hydrogens (tertiary/aromatic N) is 3. The number of fused-ring (bicyclic) bond motifs is 2. The molecule has 0 saturated carbocycles. The first-order valence-electron chi connectivity index (χ1n) is 14.5. The van der Waals surface area contributed by atoms with E-state index in [2.05, 4.69) is 20.0 Å². The molecular formula is C33H30F4N4O7. The third kappa shape index (κ3) is 7.41. The number of benzene rings is 3. The highest BCUT2D eigenvalue weighted by Crippen LogP contribution is 2.37. The summed E-state index contributed by atoms with van der Waals surface area (Å²) in [4.78, 5) is 35.0. The summed E-state index contributed by atoms with van der Waals surface area (Å²) in [6.07, 6.45) is -2.13. The van der Waals surface area contributed by atoms with Crippen LogP contribution in [0.25, 0.3) is 21.8 Å². The maximum Gasteiger partial charge on any atom is 0.573 e. The van der Waals surface area contributed by atoms with Crippen molar-refractivity contribution in [1.29, 1.82) is 0 Å². The number of methoxy groups -OCH3 is 2. The number of hydrogen-bond acceptors (Lipinski definition) is 9. The Bertz CT molecular complexity index is 2050. The van der Waals surface area contributed by atoms with Crippen molar-refractivity contribution in [3.8, 4) is 28.9 Å². The minimum absolute atomic E-state index is 0.0120. The minimum Gasteiger partial charge on any atom is -0.493 e. The Morgan fingerprint density at radius 2 is 1.71 bits per heavy atom. The summed E-state index contributed by atoms with van der Waals surface area (Å²) in [7, 11) is 4.66. The Morgan fingerprint density at radius 3 is 2.42 bits per heavy atom. The van der Waals surface area contributed by atoms with Crippen LogP contribution in [0.5, 0.6) is 28.9 Å². The molecule has 252 valence electrons. The minimum atomic E-state index is -4.97. The van der Waals surface area contributed by atoms with E-state index in [1.54, 1.807) is 26.3 Å². The van der Waals surface area contributed by atoms with Crippen molar-refractivity contribution in [1.82, 2.24) is 14.5 Å². The molecule has 5 rings (SSSR count). The molecule has 0 fully saturated rings. The van der Waals surface area contributed by atoms with Gasteiger partial charge in [-0.3, -0.25) is 9.59 Å². The van der Waals surface area contributed by atoms with Crippen LogP contribution in [0.1, 0.15) is 28.9 Å². The van der Waals surface area contributed by atoms with Gasteiger partial charge in [0.15, 0.2) is 23.1 Å². The van der Waals surface area contributed by atoms with Gasteiger partial charge in [-0.2, -0.15) is 0 Å². The standard InChI is InChI=1S/C33H30F4N4O7/c1-18-29(30(42)22-14-20(48-33(35,36)37)8-9-25(22)41(18)2)31(43)40-19-7-10-26(23(34)13-19)47-32-21-15-27(45-4)28(16-24(21)38-17-39-32)46-12-6-5-11-44-3/h7-10,13-17H,5-6,11-12H2,1-4H3,(H,40,43). The molecule has 0 spiro atoms. The van der Waals surface area contributed by atoms with Gasteiger partial charge in [0.05, 0.1) is 35.5 Å². The molecule has 11 nitrogen and oxygen atoms in total. The van der Waals surface area contributed by atoms with Crippen molar-refractivity contribution in [2.75, 3.05) is 32.8 Å². The van der Waals surface area contributed by atoms with Gasteiger partial charge in [-0.25, -0.2) is 14.4 Å². The molecule has 0 unspecified atom stereocenters. The number of hydrogen-bond donors (Lipinski definition) is 1. The van der Waals surface area contributed by atoms with Crippen LogP contribution in [-0.2, 0) is 11.8 Å². The smallest absolute Gasteiger partial charge is 0.493 e. The fourth-order valence-corrected chi connectivity index (χ4v) is 4.99. The number of halogens is 4. The van der Waals surface area contributed by atoms with E-state index >= 15 is 4.39 Å². The molecule has 2 heterocycles. The average Bonchev–Trinajstić information content (AvgIpc) is 3.04. The number of rotatable bonds is 12. The van der Waals surface area contributed by atoms with Crippen molar-refractivity contribution in [3.63, 3.8) is 0 Å². The summed E-state index contributed by atoms with van der Waals surface area (Å²) in [5, 5.41) is 2.73. The number of aryl methyl sites for hydroxylation is 1. The highest BCUT2D eigenvalue weighted by atomic mass is 19.4. The lowest BCUT2D eigenvalue weighted by molar-refractivity contribution is -0.274. The van der Waals surface area contributed by atoms with Gasteiger partial charge >= 0.3 is 6.36 Å². The number of unbranched alkanes of at least 4 members (excludes halogenated alkanes) is 1. The lowest BCUT2D eigenvalue weighted by Crippen LogP contribution is -2.26. The van der Waals surface area contributed by atoms with Crippen molar-refractivity contribution >= 4 is 33.4 Å². The van der Waals surface area contributed by atoms with E-state index in [1.807, 2.05) is 0 Å². The number of aromatic nitrogens is 3. The third-order valence-corrected chi connectivity index (χ3v) is 7.41. The monoisotopic (exact) mass is 670 g/mol. The zero-order chi connectivity index (χ0) is 34.6. The molecular weight excluding hydrogens is 640 g/mol. The Balaban J connectivity index is 1.37. The maximum absolute atomic E-state index is 15.3. The number of carbonyl (C=O) groups is 1. The lowest BCUT2D eigenvalue weighted by Gasteiger charge is -2.16. The summed E-state index contributed by atoms with van der Waals surface area (Å²) in [5.74, 6) is -1.70. The molecule has 0 aliphatic carbocycles. The summed E-state index contributed by atoms with van der Waals surface area (Å²) < 4.78 is 81.2. The number of amides is 1. The number of pyridine rings is 1. The highest BCUT2D eigenvalue weighted by Gasteiger charge is 2.31. The second kappa shape index (κ2) is 14.1. The van der Waals surface area contributed by atoms with Gasteiger partial charge < -0.3 is 33.6 Å². The van der Waals surface area contributed by atoms with E-state index in [-0.39, 0.29) is 39.5 Å². The lowest BCUT2D eigenvalue weighted by atomic mass is 10.1. The molecule has 0 bridgehead atoms. The number of anilines is 1. The molecule has 0 saturated heterocycles. The molecule has 0 atom stereocenters. The van der Waals surface area contributed by atoms with E-state index in [0.29, 0.717) is 35.6 Å². The zero-order valence-corrected chi connectivity index (χ0v) is 26.2. The third-order valence-electron chi connectivity index (χ3n) is 7.41. The van der Waals surface area contributed by atoms with Crippen LogP contribution in [0.3, 0.4) is 0 Å². The fourth-order valence-electron chi connectivity index (χ4n) is 4.99. The van der Waals surface area contributed by atoms with Crippen LogP contribution in [0.15, 0.2) is 59.7 Å². The topological polar surface area (TPSA) is 123 Å². The largest absolute Gasteiger partial charge is 0.573 e. The number of ether oxygens (including phenoxy) is 5. The quantitative estimate of drug-likeness (QED) is 0.114. The summed E-state index contributed by atoms with van der Waals surface area (Å²) >= 11 is 0. The first-order valence-corrected chi connectivity index (χ1v) is 14.5. The van der Waals surface area contributed by atoms with E-state index in [4.69, 9.17) is 18.9 Å². The SMILES string of the molecule is COCCCCOc1cc2ncnc(Oc3ccc(NC(=O)c4c(C)n(C)c5ccc(OC(F)(F)F)cc5c4=O)cc3F)c2cc1OC. The van der Waals surface area contributed by atoms with E-state index < -0.39 is 29.3 Å². The van der Waals surface area contributed by atoms with Crippen LogP contribution in [0, 0.1) is 12.7 Å². The van der Waals surface area contributed by atoms with Gasteiger partial charge in [0.25, 0.3) is 5.91 Å². The molecule has 1 N–H and O–H groups in total. The Labute approximate surface area is 271 Å². The number of alkyl halides is 3. The molecule has 0 radical (unpaired) electrons. The average molecular weight is 671 g/mol. The van der Waals surface area contributed by atoms with Gasteiger partial charge in [-0.15, -0.1) is 13.2 Å². The van der Waals surface area contributed by atoms with Crippen LogP contribution in [0.2, 0.25) is 0 Å². The van der Waals surface area contributed by atoms with E-state index in [0.717, 1.165) is 31.0 Å². The van der Waals surface area contributed by atoms with Crippen molar-refractivity contribution in [2.24, 2.45) is 7.05 Å². The number of nitrogens with one attached hydrogen (secondary N) is 1. The highest BCUT2D eigenvalue weighted by molar-refractivity contribution is 6.07. The van der Waals surface area contributed by atoms with Crippen molar-refractivity contribution in [2.45, 2.75) is 26.1 Å². The first kappa shape index (κ1) is 33.9. The van der Waals surface area contributed by atoms with E-state index in [1.165, 1.54) is 43.1 Å². The molecule has 0 aliphatic rings. The first-order chi connectivity index (χ1) is 22.9. The van der Waals surface area contributed by atoms with Crippen LogP contribution < -0.4 is 29.7 Å². The summed E-state index contributed by atoms with van der Waals surface area (Å²) in [6.45, 7) is 2.56. The van der Waals surface area contributed by atoms with Crippen molar-refractivity contribution < 1.29 is 46.0 Å². The fraction of sp³-hybridized carbons (Fsp3) is 0.273. The predicted molar refractivity (Wildman–Crippen MR) is 168 cm³/mol.